The maximum atomic E-state index is 5.60. The van der Waals surface area contributed by atoms with Gasteiger partial charge in [-0.15, -0.1) is 18.2 Å². The van der Waals surface area contributed by atoms with Crippen LogP contribution in [0.2, 0.25) is 0 Å². The molecule has 0 saturated heterocycles. The third-order valence-electron chi connectivity index (χ3n) is 2.52. The van der Waals surface area contributed by atoms with Gasteiger partial charge in [0.2, 0.25) is 0 Å². The third kappa shape index (κ3) is 17.9. The SMILES string of the molecule is C=CCOCCOCCOCCOCCCCCCCl. The van der Waals surface area contributed by atoms with Crippen LogP contribution in [-0.2, 0) is 18.9 Å². The van der Waals surface area contributed by atoms with Gasteiger partial charge in [-0.1, -0.05) is 18.9 Å². The lowest BCUT2D eigenvalue weighted by Gasteiger charge is -2.07. The predicted molar refractivity (Wildman–Crippen MR) is 82.7 cm³/mol. The lowest BCUT2D eigenvalue weighted by molar-refractivity contribution is 0.000535. The summed E-state index contributed by atoms with van der Waals surface area (Å²) < 4.78 is 21.3. The van der Waals surface area contributed by atoms with E-state index in [1.165, 1.54) is 12.8 Å². The molecule has 0 aromatic heterocycles. The number of unbranched alkanes of at least 4 members (excludes halogenated alkanes) is 3. The number of rotatable bonds is 17. The third-order valence-corrected chi connectivity index (χ3v) is 2.79. The van der Waals surface area contributed by atoms with Crippen LogP contribution in [0.25, 0.3) is 0 Å². The van der Waals surface area contributed by atoms with Crippen molar-refractivity contribution in [2.75, 3.05) is 58.7 Å². The minimum absolute atomic E-state index is 0.572. The van der Waals surface area contributed by atoms with Crippen LogP contribution in [0, 0.1) is 0 Å². The highest BCUT2D eigenvalue weighted by Gasteiger charge is 1.93. The standard InChI is InChI=1S/C15H29ClO4/c1-2-8-17-10-12-19-14-15-20-13-11-18-9-6-4-3-5-7-16/h2H,1,3-15H2. The summed E-state index contributed by atoms with van der Waals surface area (Å²) in [5.41, 5.74) is 0. The van der Waals surface area contributed by atoms with E-state index < -0.39 is 0 Å². The fraction of sp³-hybridized carbons (Fsp3) is 0.867. The average molecular weight is 309 g/mol. The van der Waals surface area contributed by atoms with Gasteiger partial charge in [-0.2, -0.15) is 0 Å². The Kier molecular flexibility index (Phi) is 18.7. The molecule has 0 unspecified atom stereocenters. The van der Waals surface area contributed by atoms with Crippen LogP contribution in [0.4, 0.5) is 0 Å². The van der Waals surface area contributed by atoms with Crippen LogP contribution >= 0.6 is 11.6 Å². The van der Waals surface area contributed by atoms with Crippen molar-refractivity contribution in [1.29, 1.82) is 0 Å². The molecule has 5 heteroatoms. The first-order valence-electron chi connectivity index (χ1n) is 7.39. The topological polar surface area (TPSA) is 36.9 Å². The molecule has 0 fully saturated rings. The van der Waals surface area contributed by atoms with E-state index in [0.717, 1.165) is 25.3 Å². The summed E-state index contributed by atoms with van der Waals surface area (Å²) in [6.07, 6.45) is 6.31. The summed E-state index contributed by atoms with van der Waals surface area (Å²) >= 11 is 5.60. The fourth-order valence-corrected chi connectivity index (χ4v) is 1.67. The summed E-state index contributed by atoms with van der Waals surface area (Å²) in [5.74, 6) is 0.761. The molecule has 0 bridgehead atoms. The van der Waals surface area contributed by atoms with Gasteiger partial charge in [0.05, 0.1) is 46.2 Å². The zero-order chi connectivity index (χ0) is 14.7. The van der Waals surface area contributed by atoms with Crippen molar-refractivity contribution in [3.8, 4) is 0 Å². The van der Waals surface area contributed by atoms with E-state index in [1.807, 2.05) is 0 Å². The zero-order valence-corrected chi connectivity index (χ0v) is 13.2. The highest BCUT2D eigenvalue weighted by atomic mass is 35.5. The van der Waals surface area contributed by atoms with Crippen LogP contribution in [0.15, 0.2) is 12.7 Å². The van der Waals surface area contributed by atoms with Gasteiger partial charge >= 0.3 is 0 Å². The molecular weight excluding hydrogens is 280 g/mol. The Bertz CT molecular complexity index is 191. The first-order chi connectivity index (χ1) is 9.91. The van der Waals surface area contributed by atoms with Crippen LogP contribution in [0.3, 0.4) is 0 Å². The first kappa shape index (κ1) is 19.9. The molecule has 120 valence electrons. The quantitative estimate of drug-likeness (QED) is 0.235. The largest absolute Gasteiger partial charge is 0.379 e. The number of hydrogen-bond donors (Lipinski definition) is 0. The molecule has 0 aliphatic rings. The van der Waals surface area contributed by atoms with Crippen molar-refractivity contribution in [2.45, 2.75) is 25.7 Å². The van der Waals surface area contributed by atoms with E-state index in [0.29, 0.717) is 46.2 Å². The van der Waals surface area contributed by atoms with Crippen LogP contribution in [-0.4, -0.2) is 58.7 Å². The lowest BCUT2D eigenvalue weighted by atomic mass is 10.2. The first-order valence-corrected chi connectivity index (χ1v) is 7.93. The van der Waals surface area contributed by atoms with E-state index >= 15 is 0 Å². The Hall–Kier alpha value is -0.130. The van der Waals surface area contributed by atoms with Crippen molar-refractivity contribution < 1.29 is 18.9 Å². The summed E-state index contributed by atoms with van der Waals surface area (Å²) in [6.45, 7) is 8.60. The molecule has 20 heavy (non-hydrogen) atoms. The Morgan fingerprint density at radius 1 is 0.650 bits per heavy atom. The van der Waals surface area contributed by atoms with E-state index in [4.69, 9.17) is 30.5 Å². The highest BCUT2D eigenvalue weighted by Crippen LogP contribution is 2.00. The molecule has 0 aromatic carbocycles. The second kappa shape index (κ2) is 18.9. The van der Waals surface area contributed by atoms with Crippen molar-refractivity contribution in [3.05, 3.63) is 12.7 Å². The molecule has 0 aromatic rings. The van der Waals surface area contributed by atoms with E-state index in [-0.39, 0.29) is 0 Å². The molecule has 0 radical (unpaired) electrons. The summed E-state index contributed by atoms with van der Waals surface area (Å²) in [5, 5.41) is 0. The van der Waals surface area contributed by atoms with Gasteiger partial charge in [0.25, 0.3) is 0 Å². The number of hydrogen-bond acceptors (Lipinski definition) is 4. The van der Waals surface area contributed by atoms with E-state index in [1.54, 1.807) is 6.08 Å². The Morgan fingerprint density at radius 2 is 1.15 bits per heavy atom. The van der Waals surface area contributed by atoms with Gasteiger partial charge in [0.15, 0.2) is 0 Å². The summed E-state index contributed by atoms with van der Waals surface area (Å²) in [4.78, 5) is 0. The normalized spacial score (nSPS) is 10.8. The number of ether oxygens (including phenoxy) is 4. The summed E-state index contributed by atoms with van der Waals surface area (Å²) in [6, 6.07) is 0. The Balaban J connectivity index is 2.90. The monoisotopic (exact) mass is 308 g/mol. The van der Waals surface area contributed by atoms with Crippen molar-refractivity contribution in [1.82, 2.24) is 0 Å². The lowest BCUT2D eigenvalue weighted by Crippen LogP contribution is -2.12. The zero-order valence-electron chi connectivity index (χ0n) is 12.5. The minimum Gasteiger partial charge on any atom is -0.379 e. The average Bonchev–Trinajstić information content (AvgIpc) is 2.47. The van der Waals surface area contributed by atoms with Crippen LogP contribution < -0.4 is 0 Å². The molecule has 0 saturated carbocycles. The van der Waals surface area contributed by atoms with E-state index in [9.17, 15) is 0 Å². The Morgan fingerprint density at radius 3 is 1.70 bits per heavy atom. The predicted octanol–water partition coefficient (Wildman–Crippen LogP) is 3.04. The number of alkyl halides is 1. The van der Waals surface area contributed by atoms with Gasteiger partial charge in [0, 0.05) is 12.5 Å². The molecular formula is C15H29ClO4. The van der Waals surface area contributed by atoms with Gasteiger partial charge in [-0.05, 0) is 12.8 Å². The van der Waals surface area contributed by atoms with Crippen molar-refractivity contribution in [3.63, 3.8) is 0 Å². The summed E-state index contributed by atoms with van der Waals surface area (Å²) in [7, 11) is 0. The van der Waals surface area contributed by atoms with Crippen LogP contribution in [0.1, 0.15) is 25.7 Å². The molecule has 4 nitrogen and oxygen atoms in total. The van der Waals surface area contributed by atoms with E-state index in [2.05, 4.69) is 6.58 Å². The fourth-order valence-electron chi connectivity index (χ4n) is 1.48. The molecule has 0 atom stereocenters. The smallest absolute Gasteiger partial charge is 0.0704 e. The molecule has 0 amide bonds. The second-order valence-corrected chi connectivity index (χ2v) is 4.68. The molecule has 0 heterocycles. The van der Waals surface area contributed by atoms with Crippen molar-refractivity contribution in [2.24, 2.45) is 0 Å². The molecule has 0 spiro atoms. The van der Waals surface area contributed by atoms with Crippen LogP contribution in [0.5, 0.6) is 0 Å². The Labute approximate surface area is 128 Å². The molecule has 0 N–H and O–H groups in total. The highest BCUT2D eigenvalue weighted by molar-refractivity contribution is 6.17. The second-order valence-electron chi connectivity index (χ2n) is 4.30. The van der Waals surface area contributed by atoms with Gasteiger partial charge < -0.3 is 18.9 Å². The maximum Gasteiger partial charge on any atom is 0.0704 e. The molecule has 0 aliphatic carbocycles. The van der Waals surface area contributed by atoms with Gasteiger partial charge in [0.1, 0.15) is 0 Å². The molecule has 0 rings (SSSR count). The van der Waals surface area contributed by atoms with Gasteiger partial charge in [-0.25, -0.2) is 0 Å². The maximum absolute atomic E-state index is 5.60. The minimum atomic E-state index is 0.572. The number of halogens is 1. The van der Waals surface area contributed by atoms with Gasteiger partial charge in [-0.3, -0.25) is 0 Å². The molecule has 0 aliphatic heterocycles. The van der Waals surface area contributed by atoms with Crippen molar-refractivity contribution >= 4 is 11.6 Å².